The van der Waals surface area contributed by atoms with E-state index in [2.05, 4.69) is 10.4 Å². The highest BCUT2D eigenvalue weighted by Crippen LogP contribution is 2.29. The molecule has 3 rings (SSSR count). The van der Waals surface area contributed by atoms with Gasteiger partial charge in [-0.2, -0.15) is 5.10 Å². The third-order valence-electron chi connectivity index (χ3n) is 4.34. The van der Waals surface area contributed by atoms with Crippen LogP contribution in [0.3, 0.4) is 0 Å². The lowest BCUT2D eigenvalue weighted by atomic mass is 9.90. The summed E-state index contributed by atoms with van der Waals surface area (Å²) >= 11 is 0. The van der Waals surface area contributed by atoms with Crippen molar-refractivity contribution in [1.29, 1.82) is 0 Å². The number of amides is 1. The number of nitrogens with zero attached hydrogens (tertiary/aromatic N) is 3. The monoisotopic (exact) mass is 330 g/mol. The zero-order chi connectivity index (χ0) is 17.1. The fourth-order valence-corrected chi connectivity index (χ4v) is 3.14. The summed E-state index contributed by atoms with van der Waals surface area (Å²) in [6, 6.07) is 5.48. The molecule has 1 aromatic heterocycles. The van der Waals surface area contributed by atoms with Gasteiger partial charge in [0, 0.05) is 24.0 Å². The summed E-state index contributed by atoms with van der Waals surface area (Å²) in [5.74, 6) is -0.871. The molecule has 1 aromatic carbocycles. The van der Waals surface area contributed by atoms with Gasteiger partial charge in [0.25, 0.3) is 5.91 Å². The molecule has 1 amide bonds. The zero-order valence-corrected chi connectivity index (χ0v) is 13.0. The first-order chi connectivity index (χ1) is 11.6. The minimum Gasteiger partial charge on any atom is -0.502 e. The molecule has 24 heavy (non-hydrogen) atoms. The number of benzene rings is 1. The second kappa shape index (κ2) is 6.69. The van der Waals surface area contributed by atoms with Crippen molar-refractivity contribution < 1.29 is 14.8 Å². The van der Waals surface area contributed by atoms with Crippen molar-refractivity contribution >= 4 is 11.6 Å². The molecule has 0 spiro atoms. The van der Waals surface area contributed by atoms with E-state index >= 15 is 0 Å². The number of carbonyl (C=O) groups is 1. The molecule has 2 unspecified atom stereocenters. The maximum Gasteiger partial charge on any atom is 0.310 e. The molecule has 8 heteroatoms. The molecule has 2 aromatic rings. The lowest BCUT2D eigenvalue weighted by Gasteiger charge is -2.32. The van der Waals surface area contributed by atoms with E-state index < -0.39 is 16.4 Å². The molecule has 1 heterocycles. The number of nitro benzene ring substituents is 1. The molecule has 1 aliphatic carbocycles. The summed E-state index contributed by atoms with van der Waals surface area (Å²) < 4.78 is 1.86. The molecular formula is C16H18N4O4. The third kappa shape index (κ3) is 3.22. The first kappa shape index (κ1) is 16.0. The molecule has 2 atom stereocenters. The topological polar surface area (TPSA) is 110 Å². The number of phenols is 1. The standard InChI is InChI=1S/C16H18N4O4/c21-15-10-11(6-7-14(15)20(23)24)16(22)18-12-4-1-2-5-13(12)19-9-3-8-17-19/h3,6-10,12-13,21H,1-2,4-5H2,(H,18,22). The second-order valence-corrected chi connectivity index (χ2v) is 5.88. The average Bonchev–Trinajstić information content (AvgIpc) is 3.09. The van der Waals surface area contributed by atoms with Crippen molar-refractivity contribution in [2.24, 2.45) is 0 Å². The van der Waals surface area contributed by atoms with Crippen LogP contribution in [0.25, 0.3) is 0 Å². The number of aromatic hydroxyl groups is 1. The number of aromatic nitrogens is 2. The number of phenolic OH excluding ortho intramolecular Hbond substituents is 1. The molecule has 1 fully saturated rings. The number of nitrogens with one attached hydrogen (secondary N) is 1. The lowest BCUT2D eigenvalue weighted by Crippen LogP contribution is -2.43. The Bertz CT molecular complexity index is 745. The summed E-state index contributed by atoms with van der Waals surface area (Å²) in [5.41, 5.74) is -0.221. The number of nitro groups is 1. The summed E-state index contributed by atoms with van der Waals surface area (Å²) in [6.45, 7) is 0. The smallest absolute Gasteiger partial charge is 0.310 e. The normalized spacial score (nSPS) is 20.5. The Kier molecular flexibility index (Phi) is 4.45. The molecule has 1 saturated carbocycles. The molecule has 0 saturated heterocycles. The number of hydrogen-bond acceptors (Lipinski definition) is 5. The Morgan fingerprint density at radius 2 is 2.17 bits per heavy atom. The van der Waals surface area contributed by atoms with Crippen molar-refractivity contribution in [2.45, 2.75) is 37.8 Å². The van der Waals surface area contributed by atoms with Crippen LogP contribution >= 0.6 is 0 Å². The van der Waals surface area contributed by atoms with Gasteiger partial charge in [-0.05, 0) is 31.0 Å². The Morgan fingerprint density at radius 3 is 2.83 bits per heavy atom. The molecule has 8 nitrogen and oxygen atoms in total. The van der Waals surface area contributed by atoms with Crippen LogP contribution in [0.5, 0.6) is 5.75 Å². The van der Waals surface area contributed by atoms with Crippen molar-refractivity contribution in [1.82, 2.24) is 15.1 Å². The number of hydrogen-bond donors (Lipinski definition) is 2. The van der Waals surface area contributed by atoms with Crippen LogP contribution in [0, 0.1) is 10.1 Å². The van der Waals surface area contributed by atoms with Crippen molar-refractivity contribution in [3.63, 3.8) is 0 Å². The van der Waals surface area contributed by atoms with Gasteiger partial charge in [0.1, 0.15) is 0 Å². The number of rotatable bonds is 4. The van der Waals surface area contributed by atoms with E-state index in [4.69, 9.17) is 0 Å². The van der Waals surface area contributed by atoms with Gasteiger partial charge in [0.15, 0.2) is 5.75 Å². The van der Waals surface area contributed by atoms with Gasteiger partial charge in [-0.1, -0.05) is 12.8 Å². The highest BCUT2D eigenvalue weighted by molar-refractivity contribution is 5.95. The Morgan fingerprint density at radius 1 is 1.38 bits per heavy atom. The predicted octanol–water partition coefficient (Wildman–Crippen LogP) is 2.41. The zero-order valence-electron chi connectivity index (χ0n) is 13.0. The van der Waals surface area contributed by atoms with E-state index in [0.717, 1.165) is 37.8 Å². The van der Waals surface area contributed by atoms with Crippen molar-refractivity contribution in [3.05, 3.63) is 52.3 Å². The highest BCUT2D eigenvalue weighted by atomic mass is 16.6. The summed E-state index contributed by atoms with van der Waals surface area (Å²) in [6.07, 6.45) is 7.46. The van der Waals surface area contributed by atoms with Gasteiger partial charge in [-0.3, -0.25) is 19.6 Å². The van der Waals surface area contributed by atoms with Gasteiger partial charge in [0.2, 0.25) is 0 Å². The molecule has 0 radical (unpaired) electrons. The maximum absolute atomic E-state index is 12.4. The Balaban J connectivity index is 1.75. The van der Waals surface area contributed by atoms with E-state index in [1.165, 1.54) is 6.07 Å². The highest BCUT2D eigenvalue weighted by Gasteiger charge is 2.28. The van der Waals surface area contributed by atoms with Gasteiger partial charge in [-0.25, -0.2) is 0 Å². The van der Waals surface area contributed by atoms with Gasteiger partial charge in [0.05, 0.1) is 17.0 Å². The van der Waals surface area contributed by atoms with Crippen LogP contribution in [0.15, 0.2) is 36.7 Å². The van der Waals surface area contributed by atoms with E-state index in [0.29, 0.717) is 0 Å². The minimum atomic E-state index is -0.689. The quantitative estimate of drug-likeness (QED) is 0.660. The van der Waals surface area contributed by atoms with Crippen LogP contribution in [-0.4, -0.2) is 31.8 Å². The first-order valence-corrected chi connectivity index (χ1v) is 7.83. The van der Waals surface area contributed by atoms with Gasteiger partial charge >= 0.3 is 5.69 Å². The van der Waals surface area contributed by atoms with E-state index in [1.54, 1.807) is 6.20 Å². The first-order valence-electron chi connectivity index (χ1n) is 7.83. The van der Waals surface area contributed by atoms with Crippen molar-refractivity contribution in [3.8, 4) is 5.75 Å². The lowest BCUT2D eigenvalue weighted by molar-refractivity contribution is -0.385. The molecule has 1 aliphatic rings. The van der Waals surface area contributed by atoms with E-state index in [1.807, 2.05) is 16.9 Å². The minimum absolute atomic E-state index is 0.0662. The van der Waals surface area contributed by atoms with Crippen molar-refractivity contribution in [2.75, 3.05) is 0 Å². The molecular weight excluding hydrogens is 312 g/mol. The predicted molar refractivity (Wildman–Crippen MR) is 85.7 cm³/mol. The number of carbonyl (C=O) groups excluding carboxylic acids is 1. The second-order valence-electron chi connectivity index (χ2n) is 5.88. The maximum atomic E-state index is 12.4. The van der Waals surface area contributed by atoms with E-state index in [9.17, 15) is 20.0 Å². The fraction of sp³-hybridized carbons (Fsp3) is 0.375. The molecule has 2 N–H and O–H groups in total. The van der Waals surface area contributed by atoms with Gasteiger partial charge in [-0.15, -0.1) is 0 Å². The third-order valence-corrected chi connectivity index (χ3v) is 4.34. The average molecular weight is 330 g/mol. The Hall–Kier alpha value is -2.90. The van der Waals surface area contributed by atoms with Crippen LogP contribution in [0.4, 0.5) is 5.69 Å². The SMILES string of the molecule is O=C(NC1CCCCC1n1cccn1)c1ccc([N+](=O)[O-])c(O)c1. The van der Waals surface area contributed by atoms with Gasteiger partial charge < -0.3 is 10.4 Å². The summed E-state index contributed by atoms with van der Waals surface area (Å²) in [5, 5.41) is 27.6. The van der Waals surface area contributed by atoms with Crippen LogP contribution < -0.4 is 5.32 Å². The van der Waals surface area contributed by atoms with Crippen LogP contribution in [-0.2, 0) is 0 Å². The summed E-state index contributed by atoms with van der Waals surface area (Å²) in [7, 11) is 0. The molecule has 0 bridgehead atoms. The van der Waals surface area contributed by atoms with Crippen LogP contribution in [0.2, 0.25) is 0 Å². The van der Waals surface area contributed by atoms with E-state index in [-0.39, 0.29) is 23.6 Å². The summed E-state index contributed by atoms with van der Waals surface area (Å²) in [4.78, 5) is 22.5. The molecule has 0 aliphatic heterocycles. The largest absolute Gasteiger partial charge is 0.502 e. The molecule has 126 valence electrons. The Labute approximate surface area is 138 Å². The fourth-order valence-electron chi connectivity index (χ4n) is 3.14. The van der Waals surface area contributed by atoms with Crippen LogP contribution in [0.1, 0.15) is 42.1 Å².